The lowest BCUT2D eigenvalue weighted by molar-refractivity contribution is -0.112. The Morgan fingerprint density at radius 1 is 1.20 bits per heavy atom. The molecule has 0 unspecified atom stereocenters. The molecule has 0 aromatic heterocycles. The van der Waals surface area contributed by atoms with Crippen molar-refractivity contribution in [1.82, 2.24) is 5.01 Å². The third-order valence-corrected chi connectivity index (χ3v) is 3.59. The highest BCUT2D eigenvalue weighted by molar-refractivity contribution is 6.54. The number of rotatable bonds is 2. The van der Waals surface area contributed by atoms with Gasteiger partial charge in [0.1, 0.15) is 0 Å². The molecule has 3 rings (SSSR count). The highest BCUT2D eigenvalue weighted by atomic mass is 16.5. The molecule has 1 fully saturated rings. The zero-order valence-corrected chi connectivity index (χ0v) is 11.9. The van der Waals surface area contributed by atoms with Crippen LogP contribution in [0.5, 0.6) is 0 Å². The largest absolute Gasteiger partial charge is 0.378 e. The molecule has 5 nitrogen and oxygen atoms in total. The van der Waals surface area contributed by atoms with Crippen LogP contribution in [0, 0.1) is 0 Å². The Hall–Kier alpha value is -1.88. The van der Waals surface area contributed by atoms with Crippen molar-refractivity contribution in [1.29, 1.82) is 0 Å². The third kappa shape index (κ3) is 2.18. The number of fused-ring (bicyclic) bond motifs is 1. The molecule has 1 aromatic carbocycles. The number of amides is 1. The second kappa shape index (κ2) is 5.25. The van der Waals surface area contributed by atoms with Gasteiger partial charge in [0.05, 0.1) is 32.0 Å². The molecule has 0 aliphatic carbocycles. The van der Waals surface area contributed by atoms with Crippen LogP contribution in [0.15, 0.2) is 29.4 Å². The fourth-order valence-electron chi connectivity index (χ4n) is 2.63. The SMILES string of the molecule is CC(C)N1C(=O)C(=NN2CCOCC2)c2ccccc21. The average molecular weight is 273 g/mol. The number of morpholine rings is 1. The van der Waals surface area contributed by atoms with Crippen molar-refractivity contribution < 1.29 is 9.53 Å². The van der Waals surface area contributed by atoms with Crippen LogP contribution in [0.2, 0.25) is 0 Å². The van der Waals surface area contributed by atoms with E-state index in [1.165, 1.54) is 0 Å². The normalized spacial score (nSPS) is 20.9. The average Bonchev–Trinajstić information content (AvgIpc) is 2.73. The fraction of sp³-hybridized carbons (Fsp3) is 0.467. The molecule has 2 aliphatic rings. The predicted octanol–water partition coefficient (Wildman–Crippen LogP) is 1.48. The van der Waals surface area contributed by atoms with Crippen LogP contribution in [-0.2, 0) is 9.53 Å². The first-order valence-electron chi connectivity index (χ1n) is 7.03. The summed E-state index contributed by atoms with van der Waals surface area (Å²) in [6.07, 6.45) is 0. The quantitative estimate of drug-likeness (QED) is 0.820. The van der Waals surface area contributed by atoms with Crippen molar-refractivity contribution in [2.45, 2.75) is 19.9 Å². The van der Waals surface area contributed by atoms with Crippen LogP contribution in [0.25, 0.3) is 0 Å². The second-order valence-electron chi connectivity index (χ2n) is 5.30. The first kappa shape index (κ1) is 13.1. The lowest BCUT2D eigenvalue weighted by Gasteiger charge is -2.24. The maximum absolute atomic E-state index is 12.6. The summed E-state index contributed by atoms with van der Waals surface area (Å²) in [6, 6.07) is 7.98. The molecular formula is C15H19N3O2. The Kier molecular flexibility index (Phi) is 3.44. The van der Waals surface area contributed by atoms with Gasteiger partial charge >= 0.3 is 0 Å². The molecule has 0 atom stereocenters. The number of carbonyl (C=O) groups is 1. The van der Waals surface area contributed by atoms with Crippen molar-refractivity contribution in [2.75, 3.05) is 31.2 Å². The van der Waals surface area contributed by atoms with E-state index in [0.29, 0.717) is 18.9 Å². The Morgan fingerprint density at radius 2 is 1.90 bits per heavy atom. The number of hydrazone groups is 1. The van der Waals surface area contributed by atoms with Crippen LogP contribution < -0.4 is 4.90 Å². The molecule has 5 heteroatoms. The summed E-state index contributed by atoms with van der Waals surface area (Å²) in [4.78, 5) is 14.4. The molecule has 1 aromatic rings. The molecule has 20 heavy (non-hydrogen) atoms. The monoisotopic (exact) mass is 273 g/mol. The van der Waals surface area contributed by atoms with Crippen LogP contribution in [0.4, 0.5) is 5.69 Å². The summed E-state index contributed by atoms with van der Waals surface area (Å²) in [5.41, 5.74) is 2.44. The minimum atomic E-state index is -0.00677. The summed E-state index contributed by atoms with van der Waals surface area (Å²) in [7, 11) is 0. The highest BCUT2D eigenvalue weighted by Crippen LogP contribution is 2.31. The summed E-state index contributed by atoms with van der Waals surface area (Å²) in [5, 5.41) is 6.50. The Balaban J connectivity index is 1.99. The van der Waals surface area contributed by atoms with E-state index in [1.54, 1.807) is 0 Å². The Bertz CT molecular complexity index is 548. The minimum Gasteiger partial charge on any atom is -0.378 e. The summed E-state index contributed by atoms with van der Waals surface area (Å²) in [6.45, 7) is 6.85. The standard InChI is InChI=1S/C15H19N3O2/c1-11(2)18-13-6-4-3-5-12(13)14(15(18)19)16-17-7-9-20-10-8-17/h3-6,11H,7-10H2,1-2H3. The third-order valence-electron chi connectivity index (χ3n) is 3.59. The van der Waals surface area contributed by atoms with Gasteiger partial charge in [0.15, 0.2) is 5.71 Å². The molecule has 2 aliphatic heterocycles. The highest BCUT2D eigenvalue weighted by Gasteiger charge is 2.35. The van der Waals surface area contributed by atoms with Crippen molar-refractivity contribution in [2.24, 2.45) is 5.10 Å². The number of carbonyl (C=O) groups excluding carboxylic acids is 1. The van der Waals surface area contributed by atoms with Crippen molar-refractivity contribution in [3.05, 3.63) is 29.8 Å². The van der Waals surface area contributed by atoms with Gasteiger partial charge in [0.25, 0.3) is 5.91 Å². The molecule has 0 N–H and O–H groups in total. The number of anilines is 1. The predicted molar refractivity (Wildman–Crippen MR) is 78.0 cm³/mol. The van der Waals surface area contributed by atoms with Gasteiger partial charge in [-0.25, -0.2) is 0 Å². The number of para-hydroxylation sites is 1. The van der Waals surface area contributed by atoms with Gasteiger partial charge in [-0.2, -0.15) is 5.10 Å². The molecule has 0 bridgehead atoms. The number of hydrogen-bond acceptors (Lipinski definition) is 4. The smallest absolute Gasteiger partial charge is 0.279 e. The van der Waals surface area contributed by atoms with Gasteiger partial charge in [-0.05, 0) is 19.9 Å². The maximum atomic E-state index is 12.6. The van der Waals surface area contributed by atoms with Crippen LogP contribution >= 0.6 is 0 Å². The topological polar surface area (TPSA) is 45.1 Å². The molecule has 0 spiro atoms. The van der Waals surface area contributed by atoms with Crippen molar-refractivity contribution in [3.63, 3.8) is 0 Å². The van der Waals surface area contributed by atoms with E-state index in [2.05, 4.69) is 5.10 Å². The van der Waals surface area contributed by atoms with E-state index in [-0.39, 0.29) is 11.9 Å². The summed E-state index contributed by atoms with van der Waals surface area (Å²) < 4.78 is 5.31. The van der Waals surface area contributed by atoms with E-state index in [4.69, 9.17) is 4.74 Å². The van der Waals surface area contributed by atoms with E-state index >= 15 is 0 Å². The zero-order valence-electron chi connectivity index (χ0n) is 11.9. The maximum Gasteiger partial charge on any atom is 0.279 e. The first-order chi connectivity index (χ1) is 9.68. The number of hydrogen-bond donors (Lipinski definition) is 0. The minimum absolute atomic E-state index is 0.00677. The lowest BCUT2D eigenvalue weighted by Crippen LogP contribution is -2.38. The van der Waals surface area contributed by atoms with Gasteiger partial charge < -0.3 is 9.64 Å². The second-order valence-corrected chi connectivity index (χ2v) is 5.30. The van der Waals surface area contributed by atoms with Gasteiger partial charge in [-0.15, -0.1) is 0 Å². The van der Waals surface area contributed by atoms with Crippen LogP contribution in [0.1, 0.15) is 19.4 Å². The van der Waals surface area contributed by atoms with Crippen molar-refractivity contribution >= 4 is 17.3 Å². The summed E-state index contributed by atoms with van der Waals surface area (Å²) in [5.74, 6) is -0.00677. The van der Waals surface area contributed by atoms with E-state index in [9.17, 15) is 4.79 Å². The van der Waals surface area contributed by atoms with Gasteiger partial charge in [-0.1, -0.05) is 18.2 Å². The Morgan fingerprint density at radius 3 is 2.60 bits per heavy atom. The molecule has 1 saturated heterocycles. The van der Waals surface area contributed by atoms with Crippen LogP contribution in [0.3, 0.4) is 0 Å². The van der Waals surface area contributed by atoms with E-state index in [0.717, 1.165) is 24.3 Å². The molecular weight excluding hydrogens is 254 g/mol. The molecule has 106 valence electrons. The van der Waals surface area contributed by atoms with Crippen molar-refractivity contribution in [3.8, 4) is 0 Å². The Labute approximate surface area is 118 Å². The van der Waals surface area contributed by atoms with E-state index in [1.807, 2.05) is 48.0 Å². The number of benzene rings is 1. The van der Waals surface area contributed by atoms with Crippen LogP contribution in [-0.4, -0.2) is 49.0 Å². The molecule has 0 saturated carbocycles. The summed E-state index contributed by atoms with van der Waals surface area (Å²) >= 11 is 0. The molecule has 2 heterocycles. The van der Waals surface area contributed by atoms with Gasteiger partial charge in [-0.3, -0.25) is 9.80 Å². The molecule has 1 amide bonds. The fourth-order valence-corrected chi connectivity index (χ4v) is 2.63. The number of ether oxygens (including phenoxy) is 1. The van der Waals surface area contributed by atoms with E-state index < -0.39 is 0 Å². The van der Waals surface area contributed by atoms with Gasteiger partial charge in [0.2, 0.25) is 0 Å². The van der Waals surface area contributed by atoms with Gasteiger partial charge in [0, 0.05) is 11.6 Å². The molecule has 0 radical (unpaired) electrons. The lowest BCUT2D eigenvalue weighted by atomic mass is 10.1. The zero-order chi connectivity index (χ0) is 14.1. The first-order valence-corrected chi connectivity index (χ1v) is 7.03. The number of nitrogens with zero attached hydrogens (tertiary/aromatic N) is 3.